The van der Waals surface area contributed by atoms with Crippen LogP contribution in [0.15, 0.2) is 54.7 Å². The fourth-order valence-corrected chi connectivity index (χ4v) is 3.01. The fourth-order valence-electron chi connectivity index (χ4n) is 3.01. The number of aromatic nitrogens is 2. The van der Waals surface area contributed by atoms with Gasteiger partial charge in [0.25, 0.3) is 5.91 Å². The number of nitrogens with zero attached hydrogens (tertiary/aromatic N) is 2. The van der Waals surface area contributed by atoms with Gasteiger partial charge in [-0.1, -0.05) is 18.2 Å². The van der Waals surface area contributed by atoms with Gasteiger partial charge in [0.05, 0.1) is 19.9 Å². The average Bonchev–Trinajstić information content (AvgIpc) is 3.22. The number of hydrogen-bond acceptors (Lipinski definition) is 6. The molecule has 1 aromatic heterocycles. The highest BCUT2D eigenvalue weighted by Gasteiger charge is 2.23. The number of ether oxygens (including phenoxy) is 3. The van der Waals surface area contributed by atoms with E-state index >= 15 is 0 Å². The summed E-state index contributed by atoms with van der Waals surface area (Å²) in [7, 11) is 3.09. The van der Waals surface area contributed by atoms with Gasteiger partial charge in [-0.25, -0.2) is 9.48 Å². The molecule has 2 aromatic carbocycles. The van der Waals surface area contributed by atoms with E-state index in [1.165, 1.54) is 7.11 Å². The number of amides is 1. The van der Waals surface area contributed by atoms with Gasteiger partial charge >= 0.3 is 5.97 Å². The Hall–Kier alpha value is -3.81. The van der Waals surface area contributed by atoms with Crippen molar-refractivity contribution in [3.05, 3.63) is 60.3 Å². The number of hydrogen-bond donors (Lipinski definition) is 1. The van der Waals surface area contributed by atoms with Crippen molar-refractivity contribution in [2.75, 3.05) is 20.8 Å². The lowest BCUT2D eigenvalue weighted by Crippen LogP contribution is -2.34. The van der Waals surface area contributed by atoms with E-state index in [4.69, 9.17) is 14.2 Å². The van der Waals surface area contributed by atoms with E-state index in [0.29, 0.717) is 22.8 Å². The van der Waals surface area contributed by atoms with E-state index in [9.17, 15) is 9.59 Å². The van der Waals surface area contributed by atoms with E-state index in [-0.39, 0.29) is 24.1 Å². The van der Waals surface area contributed by atoms with Crippen molar-refractivity contribution in [3.63, 3.8) is 0 Å². The van der Waals surface area contributed by atoms with Crippen molar-refractivity contribution in [2.45, 2.75) is 19.9 Å². The highest BCUT2D eigenvalue weighted by molar-refractivity contribution is 5.98. The van der Waals surface area contributed by atoms with Crippen molar-refractivity contribution in [3.8, 4) is 28.4 Å². The molecule has 0 radical (unpaired) electrons. The number of benzene rings is 2. The lowest BCUT2D eigenvalue weighted by molar-refractivity contribution is -0.124. The van der Waals surface area contributed by atoms with Crippen LogP contribution in [0.5, 0.6) is 11.5 Å². The van der Waals surface area contributed by atoms with Crippen LogP contribution in [0.1, 0.15) is 24.2 Å². The van der Waals surface area contributed by atoms with Gasteiger partial charge in [0.1, 0.15) is 22.8 Å². The van der Waals surface area contributed by atoms with Gasteiger partial charge in [0.15, 0.2) is 6.61 Å². The molecule has 162 valence electrons. The molecule has 8 heteroatoms. The van der Waals surface area contributed by atoms with Crippen LogP contribution in [0.3, 0.4) is 0 Å². The van der Waals surface area contributed by atoms with Gasteiger partial charge in [-0.2, -0.15) is 5.10 Å². The molecular weight excluding hydrogens is 398 g/mol. The summed E-state index contributed by atoms with van der Waals surface area (Å²) < 4.78 is 17.6. The molecule has 3 rings (SSSR count). The van der Waals surface area contributed by atoms with Crippen LogP contribution in [0.25, 0.3) is 16.9 Å². The largest absolute Gasteiger partial charge is 0.497 e. The normalized spacial score (nSPS) is 10.6. The quantitative estimate of drug-likeness (QED) is 0.560. The first-order chi connectivity index (χ1) is 14.9. The minimum absolute atomic E-state index is 0.0522. The summed E-state index contributed by atoms with van der Waals surface area (Å²) in [5, 5.41) is 7.30. The molecule has 0 bridgehead atoms. The highest BCUT2D eigenvalue weighted by Crippen LogP contribution is 2.35. The van der Waals surface area contributed by atoms with Crippen LogP contribution in [0, 0.1) is 0 Å². The van der Waals surface area contributed by atoms with E-state index in [0.717, 1.165) is 5.69 Å². The summed E-state index contributed by atoms with van der Waals surface area (Å²) in [6.45, 7) is 3.27. The number of rotatable bonds is 8. The highest BCUT2D eigenvalue weighted by atomic mass is 16.5. The molecule has 31 heavy (non-hydrogen) atoms. The number of carbonyl (C=O) groups is 2. The molecule has 0 saturated carbocycles. The summed E-state index contributed by atoms with van der Waals surface area (Å²) in [4.78, 5) is 24.8. The first-order valence-corrected chi connectivity index (χ1v) is 9.77. The SMILES string of the molecule is COc1ccc(OC)c(-c2nn(-c3ccccc3)cc2C(=O)OCC(=O)NC(C)C)c1. The molecule has 0 unspecified atom stereocenters. The molecule has 0 aliphatic carbocycles. The maximum atomic E-state index is 12.9. The molecule has 0 fully saturated rings. The molecule has 0 spiro atoms. The van der Waals surface area contributed by atoms with Crippen LogP contribution in [0.4, 0.5) is 0 Å². The van der Waals surface area contributed by atoms with Crippen LogP contribution in [0.2, 0.25) is 0 Å². The maximum absolute atomic E-state index is 12.9. The van der Waals surface area contributed by atoms with Crippen LogP contribution in [-0.4, -0.2) is 48.5 Å². The van der Waals surface area contributed by atoms with Crippen LogP contribution >= 0.6 is 0 Å². The van der Waals surface area contributed by atoms with Crippen LogP contribution < -0.4 is 14.8 Å². The molecule has 1 amide bonds. The Morgan fingerprint density at radius 1 is 1.06 bits per heavy atom. The number of para-hydroxylation sites is 1. The third-order valence-electron chi connectivity index (χ3n) is 4.40. The molecule has 1 N–H and O–H groups in total. The second kappa shape index (κ2) is 9.80. The number of carbonyl (C=O) groups excluding carboxylic acids is 2. The van der Waals surface area contributed by atoms with Gasteiger partial charge in [-0.15, -0.1) is 0 Å². The number of esters is 1. The summed E-state index contributed by atoms with van der Waals surface area (Å²) in [5.74, 6) is 0.0617. The summed E-state index contributed by atoms with van der Waals surface area (Å²) in [6, 6.07) is 14.5. The first-order valence-electron chi connectivity index (χ1n) is 9.77. The van der Waals surface area contributed by atoms with E-state index < -0.39 is 5.97 Å². The Morgan fingerprint density at radius 2 is 1.81 bits per heavy atom. The van der Waals surface area contributed by atoms with Gasteiger partial charge < -0.3 is 19.5 Å². The van der Waals surface area contributed by atoms with E-state index in [1.54, 1.807) is 36.2 Å². The zero-order valence-corrected chi connectivity index (χ0v) is 17.9. The molecule has 8 nitrogen and oxygen atoms in total. The van der Waals surface area contributed by atoms with Gasteiger partial charge in [0, 0.05) is 17.8 Å². The molecule has 0 atom stereocenters. The summed E-state index contributed by atoms with van der Waals surface area (Å²) in [5.41, 5.74) is 1.89. The zero-order valence-electron chi connectivity index (χ0n) is 17.9. The van der Waals surface area contributed by atoms with E-state index in [1.807, 2.05) is 44.2 Å². The molecule has 0 aliphatic heterocycles. The Morgan fingerprint density at radius 3 is 2.45 bits per heavy atom. The molecule has 3 aromatic rings. The lowest BCUT2D eigenvalue weighted by atomic mass is 10.1. The molecule has 1 heterocycles. The third-order valence-corrected chi connectivity index (χ3v) is 4.40. The number of methoxy groups -OCH3 is 2. The standard InChI is InChI=1S/C23H25N3O5/c1-15(2)24-21(27)14-31-23(28)19-13-26(16-8-6-5-7-9-16)25-22(19)18-12-17(29-3)10-11-20(18)30-4/h5-13,15H,14H2,1-4H3,(H,24,27). The first kappa shape index (κ1) is 21.9. The smallest absolute Gasteiger partial charge is 0.342 e. The van der Waals surface area contributed by atoms with Gasteiger partial charge in [-0.3, -0.25) is 4.79 Å². The maximum Gasteiger partial charge on any atom is 0.342 e. The molecular formula is C23H25N3O5. The Labute approximate surface area is 180 Å². The third kappa shape index (κ3) is 5.22. The van der Waals surface area contributed by atoms with Crippen molar-refractivity contribution in [1.29, 1.82) is 0 Å². The topological polar surface area (TPSA) is 91.7 Å². The number of nitrogens with one attached hydrogen (secondary N) is 1. The van der Waals surface area contributed by atoms with Gasteiger partial charge in [0.2, 0.25) is 0 Å². The van der Waals surface area contributed by atoms with Crippen LogP contribution in [-0.2, 0) is 9.53 Å². The predicted octanol–water partition coefficient (Wildman–Crippen LogP) is 3.24. The molecule has 0 aliphatic rings. The fraction of sp³-hybridized carbons (Fsp3) is 0.261. The Bertz CT molecular complexity index is 1060. The van der Waals surface area contributed by atoms with Crippen molar-refractivity contribution in [1.82, 2.24) is 15.1 Å². The second-order valence-corrected chi connectivity index (χ2v) is 7.04. The Kier molecular flexibility index (Phi) is 6.92. The zero-order chi connectivity index (χ0) is 22.4. The molecule has 0 saturated heterocycles. The average molecular weight is 423 g/mol. The Balaban J connectivity index is 2.03. The van der Waals surface area contributed by atoms with Crippen molar-refractivity contribution >= 4 is 11.9 Å². The minimum Gasteiger partial charge on any atom is -0.497 e. The monoisotopic (exact) mass is 423 g/mol. The van der Waals surface area contributed by atoms with Crippen molar-refractivity contribution in [2.24, 2.45) is 0 Å². The van der Waals surface area contributed by atoms with E-state index in [2.05, 4.69) is 10.4 Å². The summed E-state index contributed by atoms with van der Waals surface area (Å²) >= 11 is 0. The van der Waals surface area contributed by atoms with Gasteiger partial charge in [-0.05, 0) is 44.2 Å². The second-order valence-electron chi connectivity index (χ2n) is 7.04. The minimum atomic E-state index is -0.666. The lowest BCUT2D eigenvalue weighted by Gasteiger charge is -2.11. The predicted molar refractivity (Wildman–Crippen MR) is 116 cm³/mol. The van der Waals surface area contributed by atoms with Crippen molar-refractivity contribution < 1.29 is 23.8 Å². The summed E-state index contributed by atoms with van der Waals surface area (Å²) in [6.07, 6.45) is 1.58.